The molecule has 10 nitrogen and oxygen atoms in total. The summed E-state index contributed by atoms with van der Waals surface area (Å²) in [6.45, 7) is 8.75. The van der Waals surface area contributed by atoms with Crippen molar-refractivity contribution in [3.63, 3.8) is 0 Å². The van der Waals surface area contributed by atoms with E-state index in [-0.39, 0.29) is 6.01 Å². The first kappa shape index (κ1) is 26.6. The standard InChI is InChI=1S/C28H30N8O2/c1-20-17-23(5-3-10-29)18-21(2)25(20)32-27-33-26(31-24-8-6-22(19-30)7-9-24)34-28(35-27)38-14-4-11-36-12-15-37-16-13-36/h3,5-9,17-18H,4,11-16H2,1-2H3,(H2,31,32,33,34,35)/b5-3+. The van der Waals surface area contributed by atoms with E-state index in [9.17, 15) is 0 Å². The van der Waals surface area contributed by atoms with E-state index in [4.69, 9.17) is 20.0 Å². The van der Waals surface area contributed by atoms with Gasteiger partial charge in [0.25, 0.3) is 0 Å². The summed E-state index contributed by atoms with van der Waals surface area (Å²) in [5.41, 5.74) is 5.08. The first-order valence-electron chi connectivity index (χ1n) is 12.4. The Morgan fingerprint density at radius 3 is 2.34 bits per heavy atom. The summed E-state index contributed by atoms with van der Waals surface area (Å²) in [7, 11) is 0. The molecular weight excluding hydrogens is 480 g/mol. The number of aromatic nitrogens is 3. The number of ether oxygens (including phenoxy) is 2. The van der Waals surface area contributed by atoms with E-state index in [1.165, 1.54) is 6.08 Å². The summed E-state index contributed by atoms with van der Waals surface area (Å²) in [6.07, 6.45) is 4.06. The number of rotatable bonds is 10. The van der Waals surface area contributed by atoms with E-state index in [2.05, 4.69) is 36.6 Å². The number of anilines is 4. The summed E-state index contributed by atoms with van der Waals surface area (Å²) < 4.78 is 11.3. The van der Waals surface area contributed by atoms with Gasteiger partial charge in [-0.2, -0.15) is 25.5 Å². The number of nitrogens with one attached hydrogen (secondary N) is 2. The molecular formula is C28H30N8O2. The highest BCUT2D eigenvalue weighted by Crippen LogP contribution is 2.27. The Bertz CT molecular complexity index is 1330. The van der Waals surface area contributed by atoms with Gasteiger partial charge >= 0.3 is 6.01 Å². The number of hydrogen-bond donors (Lipinski definition) is 2. The van der Waals surface area contributed by atoms with Gasteiger partial charge in [0.15, 0.2) is 0 Å². The zero-order chi connectivity index (χ0) is 26.7. The summed E-state index contributed by atoms with van der Waals surface area (Å²) >= 11 is 0. The van der Waals surface area contributed by atoms with Crippen molar-refractivity contribution in [2.24, 2.45) is 0 Å². The molecule has 3 aromatic rings. The SMILES string of the molecule is Cc1cc(/C=C/C#N)cc(C)c1Nc1nc(Nc2ccc(C#N)cc2)nc(OCCCN2CCOCC2)n1. The van der Waals surface area contributed by atoms with Crippen molar-refractivity contribution in [2.45, 2.75) is 20.3 Å². The highest BCUT2D eigenvalue weighted by molar-refractivity contribution is 5.68. The van der Waals surface area contributed by atoms with Gasteiger partial charge in [0, 0.05) is 37.1 Å². The van der Waals surface area contributed by atoms with Gasteiger partial charge in [-0.25, -0.2) is 0 Å². The van der Waals surface area contributed by atoms with Crippen LogP contribution in [0.4, 0.5) is 23.3 Å². The quantitative estimate of drug-likeness (QED) is 0.297. The van der Waals surface area contributed by atoms with Crippen LogP contribution in [-0.4, -0.2) is 59.3 Å². The highest BCUT2D eigenvalue weighted by atomic mass is 16.5. The minimum absolute atomic E-state index is 0.213. The molecule has 0 bridgehead atoms. The third-order valence-electron chi connectivity index (χ3n) is 5.98. The topological polar surface area (TPSA) is 132 Å². The third-order valence-corrected chi connectivity index (χ3v) is 5.98. The molecule has 10 heteroatoms. The van der Waals surface area contributed by atoms with Gasteiger partial charge in [0.05, 0.1) is 37.5 Å². The Kier molecular flexibility index (Phi) is 9.19. The number of hydrogen-bond acceptors (Lipinski definition) is 10. The molecule has 0 aliphatic carbocycles. The number of nitriles is 2. The number of benzene rings is 2. The minimum Gasteiger partial charge on any atom is -0.463 e. The maximum atomic E-state index is 9.07. The molecule has 1 saturated heterocycles. The van der Waals surface area contributed by atoms with E-state index < -0.39 is 0 Å². The van der Waals surface area contributed by atoms with Gasteiger partial charge in [0.2, 0.25) is 11.9 Å². The van der Waals surface area contributed by atoms with Gasteiger partial charge < -0.3 is 20.1 Å². The Morgan fingerprint density at radius 1 is 1.00 bits per heavy atom. The molecule has 0 amide bonds. The average Bonchev–Trinajstić information content (AvgIpc) is 2.93. The van der Waals surface area contributed by atoms with Crippen LogP contribution in [0, 0.1) is 36.5 Å². The third kappa shape index (κ3) is 7.50. The number of allylic oxidation sites excluding steroid dienone is 1. The summed E-state index contributed by atoms with van der Waals surface area (Å²) in [6, 6.07) is 15.4. The van der Waals surface area contributed by atoms with Gasteiger partial charge in [-0.1, -0.05) is 0 Å². The lowest BCUT2D eigenvalue weighted by Crippen LogP contribution is -2.37. The molecule has 0 spiro atoms. The Labute approximate surface area is 222 Å². The van der Waals surface area contributed by atoms with Crippen LogP contribution in [0.25, 0.3) is 6.08 Å². The summed E-state index contributed by atoms with van der Waals surface area (Å²) in [5, 5.41) is 24.4. The molecule has 0 radical (unpaired) electrons. The van der Waals surface area contributed by atoms with E-state index in [0.29, 0.717) is 24.1 Å². The predicted octanol–water partition coefficient (Wildman–Crippen LogP) is 4.49. The number of nitrogens with zero attached hydrogens (tertiary/aromatic N) is 6. The first-order chi connectivity index (χ1) is 18.5. The lowest BCUT2D eigenvalue weighted by molar-refractivity contribution is 0.0356. The van der Waals surface area contributed by atoms with Crippen LogP contribution in [-0.2, 0) is 4.74 Å². The molecule has 194 valence electrons. The zero-order valence-electron chi connectivity index (χ0n) is 21.6. The second-order valence-electron chi connectivity index (χ2n) is 8.85. The molecule has 0 unspecified atom stereocenters. The molecule has 1 aliphatic heterocycles. The van der Waals surface area contributed by atoms with Crippen LogP contribution < -0.4 is 15.4 Å². The van der Waals surface area contributed by atoms with E-state index in [1.807, 2.05) is 32.0 Å². The smallest absolute Gasteiger partial charge is 0.323 e. The minimum atomic E-state index is 0.213. The van der Waals surface area contributed by atoms with Crippen molar-refractivity contribution in [1.29, 1.82) is 10.5 Å². The fourth-order valence-corrected chi connectivity index (χ4v) is 4.10. The fourth-order valence-electron chi connectivity index (χ4n) is 4.10. The van der Waals surface area contributed by atoms with Crippen LogP contribution in [0.5, 0.6) is 6.01 Å². The molecule has 1 aromatic heterocycles. The Balaban J connectivity index is 1.53. The van der Waals surface area contributed by atoms with Crippen molar-refractivity contribution in [3.8, 4) is 18.1 Å². The molecule has 38 heavy (non-hydrogen) atoms. The number of aryl methyl sites for hydroxylation is 2. The Hall–Kier alpha value is -4.51. The van der Waals surface area contributed by atoms with Crippen molar-refractivity contribution in [2.75, 3.05) is 50.1 Å². The monoisotopic (exact) mass is 510 g/mol. The van der Waals surface area contributed by atoms with Crippen LogP contribution in [0.15, 0.2) is 42.5 Å². The molecule has 4 rings (SSSR count). The van der Waals surface area contributed by atoms with Gasteiger partial charge in [-0.3, -0.25) is 4.90 Å². The van der Waals surface area contributed by atoms with Crippen LogP contribution in [0.3, 0.4) is 0 Å². The maximum Gasteiger partial charge on any atom is 0.323 e. The predicted molar refractivity (Wildman–Crippen MR) is 145 cm³/mol. The molecule has 2 N–H and O–H groups in total. The normalized spacial score (nSPS) is 13.6. The Morgan fingerprint density at radius 2 is 1.68 bits per heavy atom. The zero-order valence-corrected chi connectivity index (χ0v) is 21.6. The largest absolute Gasteiger partial charge is 0.463 e. The summed E-state index contributed by atoms with van der Waals surface area (Å²) in [4.78, 5) is 15.9. The van der Waals surface area contributed by atoms with E-state index >= 15 is 0 Å². The lowest BCUT2D eigenvalue weighted by atomic mass is 10.0. The second kappa shape index (κ2) is 13.2. The lowest BCUT2D eigenvalue weighted by Gasteiger charge is -2.26. The number of morpholine rings is 1. The highest BCUT2D eigenvalue weighted by Gasteiger charge is 2.13. The summed E-state index contributed by atoms with van der Waals surface area (Å²) in [5.74, 6) is 0.658. The average molecular weight is 511 g/mol. The van der Waals surface area contributed by atoms with E-state index in [1.54, 1.807) is 30.3 Å². The van der Waals surface area contributed by atoms with Crippen molar-refractivity contribution < 1.29 is 9.47 Å². The second-order valence-corrected chi connectivity index (χ2v) is 8.85. The maximum absolute atomic E-state index is 9.07. The molecule has 2 heterocycles. The van der Waals surface area contributed by atoms with Crippen LogP contribution in [0.2, 0.25) is 0 Å². The van der Waals surface area contributed by atoms with Gasteiger partial charge in [-0.15, -0.1) is 0 Å². The van der Waals surface area contributed by atoms with Crippen molar-refractivity contribution >= 4 is 29.3 Å². The fraction of sp³-hybridized carbons (Fsp3) is 0.321. The van der Waals surface area contributed by atoms with Crippen LogP contribution in [0.1, 0.15) is 28.7 Å². The van der Waals surface area contributed by atoms with Gasteiger partial charge in [0.1, 0.15) is 0 Å². The molecule has 1 aliphatic rings. The molecule has 2 aromatic carbocycles. The molecule has 0 saturated carbocycles. The van der Waals surface area contributed by atoms with E-state index in [0.717, 1.165) is 67.3 Å². The molecule has 1 fully saturated rings. The van der Waals surface area contributed by atoms with Crippen molar-refractivity contribution in [3.05, 3.63) is 64.7 Å². The van der Waals surface area contributed by atoms with Gasteiger partial charge in [-0.05, 0) is 79.4 Å². The van der Waals surface area contributed by atoms with Crippen molar-refractivity contribution in [1.82, 2.24) is 19.9 Å². The molecule has 0 atom stereocenters. The van der Waals surface area contributed by atoms with Crippen LogP contribution >= 0.6 is 0 Å². The first-order valence-corrected chi connectivity index (χ1v) is 12.4.